The molecule has 6 nitrogen and oxygen atoms in total. The van der Waals surface area contributed by atoms with Crippen LogP contribution >= 0.6 is 0 Å². The summed E-state index contributed by atoms with van der Waals surface area (Å²) in [5.74, 6) is -0.0994. The molecule has 0 fully saturated rings. The third-order valence-corrected chi connectivity index (χ3v) is 5.08. The number of carbonyl (C=O) groups excluding carboxylic acids is 1. The minimum absolute atomic E-state index is 0.0994. The zero-order valence-corrected chi connectivity index (χ0v) is 18.5. The van der Waals surface area contributed by atoms with Crippen molar-refractivity contribution in [1.82, 2.24) is 19.6 Å². The molecule has 0 atom stereocenters. The Labute approximate surface area is 188 Å². The fourth-order valence-electron chi connectivity index (χ4n) is 3.12. The zero-order chi connectivity index (χ0) is 24.0. The van der Waals surface area contributed by atoms with E-state index in [1.807, 2.05) is 45.9 Å². The van der Waals surface area contributed by atoms with Crippen LogP contribution in [0.2, 0.25) is 0 Å². The molecule has 1 aromatic carbocycles. The number of hydrogen-bond donors (Lipinski definition) is 1. The molecule has 4 rings (SSSR count). The molecule has 9 heteroatoms. The number of benzene rings is 1. The third-order valence-electron chi connectivity index (χ3n) is 5.08. The number of halogens is 3. The fourth-order valence-corrected chi connectivity index (χ4v) is 3.12. The largest absolute Gasteiger partial charge is 0.433 e. The summed E-state index contributed by atoms with van der Waals surface area (Å²) in [6, 6.07) is 12.6. The first kappa shape index (κ1) is 22.4. The first-order valence-electron chi connectivity index (χ1n) is 10.3. The predicted molar refractivity (Wildman–Crippen MR) is 119 cm³/mol. The molecule has 0 bridgehead atoms. The topological polar surface area (TPSA) is 72.2 Å². The van der Waals surface area contributed by atoms with Crippen LogP contribution in [-0.2, 0) is 11.0 Å². The molecule has 0 aliphatic heterocycles. The summed E-state index contributed by atoms with van der Waals surface area (Å²) in [5.41, 5.74) is 2.41. The lowest BCUT2D eigenvalue weighted by Crippen LogP contribution is -2.27. The second kappa shape index (κ2) is 7.99. The number of carbonyl (C=O) groups is 1. The second-order valence-corrected chi connectivity index (χ2v) is 8.79. The number of hydrogen-bond acceptors (Lipinski definition) is 4. The smallest absolute Gasteiger partial charge is 0.325 e. The highest BCUT2D eigenvalue weighted by Gasteiger charge is 2.32. The van der Waals surface area contributed by atoms with Crippen molar-refractivity contribution in [2.45, 2.75) is 33.9 Å². The lowest BCUT2D eigenvalue weighted by molar-refractivity contribution is -0.141. The first-order valence-corrected chi connectivity index (χ1v) is 10.3. The normalized spacial score (nSPS) is 12.2. The van der Waals surface area contributed by atoms with Gasteiger partial charge in [0.1, 0.15) is 11.4 Å². The first-order chi connectivity index (χ1) is 15.4. The molecule has 3 aromatic heterocycles. The minimum Gasteiger partial charge on any atom is -0.325 e. The molecule has 0 unspecified atom stereocenters. The highest BCUT2D eigenvalue weighted by atomic mass is 19.4. The van der Waals surface area contributed by atoms with Gasteiger partial charge in [0.2, 0.25) is 5.91 Å². The summed E-state index contributed by atoms with van der Waals surface area (Å²) in [5, 5.41) is 7.34. The van der Waals surface area contributed by atoms with Gasteiger partial charge in [0.15, 0.2) is 5.65 Å². The fraction of sp³-hybridized carbons (Fsp3) is 0.250. The van der Waals surface area contributed by atoms with Gasteiger partial charge in [-0.15, -0.1) is 0 Å². The lowest BCUT2D eigenvalue weighted by Gasteiger charge is -2.19. The number of aromatic nitrogens is 4. The summed E-state index contributed by atoms with van der Waals surface area (Å²) in [7, 11) is 0. The number of alkyl halides is 3. The van der Waals surface area contributed by atoms with Crippen LogP contribution in [0, 0.1) is 12.3 Å². The highest BCUT2D eigenvalue weighted by Crippen LogP contribution is 2.30. The van der Waals surface area contributed by atoms with Crippen LogP contribution in [0.5, 0.6) is 0 Å². The standard InChI is InChI=1S/C24H22F3N5O/c1-14-8-9-15(12-18(14)30-22(33)23(2,3)4)19-13-32-21(29-19)11-10-17(31-32)16-6-5-7-20(28-16)24(25,26)27/h5-13H,1-4H3,(H,30,33). The monoisotopic (exact) mass is 453 g/mol. The molecule has 0 aliphatic rings. The lowest BCUT2D eigenvalue weighted by atomic mass is 9.95. The molecule has 3 heterocycles. The molecular weight excluding hydrogens is 431 g/mol. The predicted octanol–water partition coefficient (Wildman–Crippen LogP) is 5.77. The summed E-state index contributed by atoms with van der Waals surface area (Å²) >= 11 is 0. The van der Waals surface area contributed by atoms with E-state index in [4.69, 9.17) is 0 Å². The number of nitrogens with zero attached hydrogens (tertiary/aromatic N) is 4. The molecule has 1 amide bonds. The maximum absolute atomic E-state index is 13.0. The molecule has 170 valence electrons. The highest BCUT2D eigenvalue weighted by molar-refractivity contribution is 5.95. The van der Waals surface area contributed by atoms with E-state index in [1.165, 1.54) is 16.6 Å². The van der Waals surface area contributed by atoms with Crippen LogP contribution in [0.3, 0.4) is 0 Å². The van der Waals surface area contributed by atoms with Crippen molar-refractivity contribution in [2.24, 2.45) is 5.41 Å². The number of amides is 1. The number of rotatable bonds is 3. The van der Waals surface area contributed by atoms with Gasteiger partial charge in [0, 0.05) is 16.7 Å². The number of fused-ring (bicyclic) bond motifs is 1. The van der Waals surface area contributed by atoms with E-state index in [9.17, 15) is 18.0 Å². The van der Waals surface area contributed by atoms with Gasteiger partial charge in [-0.2, -0.15) is 18.3 Å². The van der Waals surface area contributed by atoms with Crippen molar-refractivity contribution in [1.29, 1.82) is 0 Å². The van der Waals surface area contributed by atoms with E-state index in [2.05, 4.69) is 20.4 Å². The Bertz CT molecular complexity index is 1350. The number of imidazole rings is 1. The van der Waals surface area contributed by atoms with Crippen molar-refractivity contribution in [3.8, 4) is 22.6 Å². The van der Waals surface area contributed by atoms with Crippen molar-refractivity contribution < 1.29 is 18.0 Å². The van der Waals surface area contributed by atoms with E-state index in [0.717, 1.165) is 17.2 Å². The van der Waals surface area contributed by atoms with Gasteiger partial charge < -0.3 is 5.32 Å². The van der Waals surface area contributed by atoms with E-state index in [-0.39, 0.29) is 11.6 Å². The Morgan fingerprint density at radius 2 is 1.70 bits per heavy atom. The molecule has 33 heavy (non-hydrogen) atoms. The molecule has 0 radical (unpaired) electrons. The van der Waals surface area contributed by atoms with E-state index < -0.39 is 17.3 Å². The Morgan fingerprint density at radius 1 is 0.939 bits per heavy atom. The van der Waals surface area contributed by atoms with Crippen molar-refractivity contribution in [3.05, 3.63) is 66.0 Å². The molecule has 4 aromatic rings. The second-order valence-electron chi connectivity index (χ2n) is 8.79. The SMILES string of the molecule is Cc1ccc(-c2cn3nc(-c4cccc(C(F)(F)F)n4)ccc3n2)cc1NC(=O)C(C)(C)C. The van der Waals surface area contributed by atoms with Gasteiger partial charge in [-0.1, -0.05) is 39.0 Å². The van der Waals surface area contributed by atoms with Gasteiger partial charge in [-0.3, -0.25) is 4.79 Å². The van der Waals surface area contributed by atoms with E-state index in [0.29, 0.717) is 22.7 Å². The quantitative estimate of drug-likeness (QED) is 0.427. The van der Waals surface area contributed by atoms with Gasteiger partial charge in [0.25, 0.3) is 0 Å². The average Bonchev–Trinajstić information content (AvgIpc) is 3.17. The number of aryl methyl sites for hydroxylation is 1. The Kier molecular flexibility index (Phi) is 5.43. The van der Waals surface area contributed by atoms with Crippen LogP contribution in [0.1, 0.15) is 32.0 Å². The summed E-state index contributed by atoms with van der Waals surface area (Å²) in [6.07, 6.45) is -2.85. The number of pyridine rings is 1. The molecule has 0 saturated carbocycles. The zero-order valence-electron chi connectivity index (χ0n) is 18.5. The van der Waals surface area contributed by atoms with Crippen molar-refractivity contribution in [3.63, 3.8) is 0 Å². The van der Waals surface area contributed by atoms with Crippen molar-refractivity contribution in [2.75, 3.05) is 5.32 Å². The average molecular weight is 453 g/mol. The maximum Gasteiger partial charge on any atom is 0.433 e. The summed E-state index contributed by atoms with van der Waals surface area (Å²) in [6.45, 7) is 7.42. The Balaban J connectivity index is 1.69. The molecule has 1 N–H and O–H groups in total. The molecule has 0 saturated heterocycles. The van der Waals surface area contributed by atoms with Crippen molar-refractivity contribution >= 4 is 17.2 Å². The maximum atomic E-state index is 13.0. The third kappa shape index (κ3) is 4.72. The Hall–Kier alpha value is -3.75. The van der Waals surface area contributed by atoms with Crippen LogP contribution < -0.4 is 5.32 Å². The van der Waals surface area contributed by atoms with Gasteiger partial charge in [-0.25, -0.2) is 14.5 Å². The summed E-state index contributed by atoms with van der Waals surface area (Å²) < 4.78 is 40.5. The Morgan fingerprint density at radius 3 is 2.39 bits per heavy atom. The number of anilines is 1. The minimum atomic E-state index is -4.53. The van der Waals surface area contributed by atoms with E-state index >= 15 is 0 Å². The van der Waals surface area contributed by atoms with Gasteiger partial charge >= 0.3 is 6.18 Å². The molecular formula is C24H22F3N5O. The van der Waals surface area contributed by atoms with Gasteiger partial charge in [0.05, 0.1) is 17.6 Å². The molecule has 0 spiro atoms. The summed E-state index contributed by atoms with van der Waals surface area (Å²) in [4.78, 5) is 20.7. The molecule has 0 aliphatic carbocycles. The van der Waals surface area contributed by atoms with E-state index in [1.54, 1.807) is 18.3 Å². The van der Waals surface area contributed by atoms with Crippen LogP contribution in [0.25, 0.3) is 28.3 Å². The number of nitrogens with one attached hydrogen (secondary N) is 1. The van der Waals surface area contributed by atoms with Crippen LogP contribution in [0.15, 0.2) is 54.7 Å². The van der Waals surface area contributed by atoms with Crippen LogP contribution in [-0.4, -0.2) is 25.5 Å². The van der Waals surface area contributed by atoms with Crippen LogP contribution in [0.4, 0.5) is 18.9 Å². The van der Waals surface area contributed by atoms with Gasteiger partial charge in [-0.05, 0) is 42.8 Å².